The summed E-state index contributed by atoms with van der Waals surface area (Å²) in [6.07, 6.45) is 16.8. The van der Waals surface area contributed by atoms with Crippen LogP contribution in [0.15, 0.2) is 6.58 Å². The third-order valence-corrected chi connectivity index (χ3v) is 7.94. The molecule has 0 heterocycles. The van der Waals surface area contributed by atoms with E-state index in [1.54, 1.807) is 0 Å². The van der Waals surface area contributed by atoms with Crippen LogP contribution in [0.4, 0.5) is 0 Å². The predicted molar refractivity (Wildman–Crippen MR) is 148 cm³/mol. The van der Waals surface area contributed by atoms with Gasteiger partial charge < -0.3 is 5.11 Å². The summed E-state index contributed by atoms with van der Waals surface area (Å²) in [6.45, 7) is 20.7. The second-order valence-corrected chi connectivity index (χ2v) is 11.7. The highest BCUT2D eigenvalue weighted by molar-refractivity contribution is 5.76. The van der Waals surface area contributed by atoms with Crippen molar-refractivity contribution in [2.75, 3.05) is 0 Å². The first-order chi connectivity index (χ1) is 15.7. The lowest BCUT2D eigenvalue weighted by molar-refractivity contribution is 0.308. The van der Waals surface area contributed by atoms with E-state index in [2.05, 4.69) is 55.0 Å². The summed E-state index contributed by atoms with van der Waals surface area (Å²) < 4.78 is 0. The summed E-state index contributed by atoms with van der Waals surface area (Å²) in [7, 11) is 0. The molecule has 0 aliphatic heterocycles. The fourth-order valence-corrected chi connectivity index (χ4v) is 6.26. The zero-order valence-corrected chi connectivity index (χ0v) is 23.2. The van der Waals surface area contributed by atoms with Crippen molar-refractivity contribution < 1.29 is 5.11 Å². The smallest absolute Gasteiger partial charge is 0.123 e. The van der Waals surface area contributed by atoms with E-state index in [1.807, 2.05) is 0 Å². The van der Waals surface area contributed by atoms with Gasteiger partial charge in [-0.05, 0) is 90.9 Å². The van der Waals surface area contributed by atoms with Crippen LogP contribution in [0.2, 0.25) is 0 Å². The molecule has 0 saturated heterocycles. The molecular formula is C32H54O. The van der Waals surface area contributed by atoms with Gasteiger partial charge in [0.1, 0.15) is 5.75 Å². The van der Waals surface area contributed by atoms with E-state index in [4.69, 9.17) is 0 Å². The number of hydrogen-bond donors (Lipinski definition) is 1. The van der Waals surface area contributed by atoms with Gasteiger partial charge in [0, 0.05) is 11.1 Å². The summed E-state index contributed by atoms with van der Waals surface area (Å²) in [5.41, 5.74) is 8.15. The normalized spacial score (nSPS) is 18.4. The van der Waals surface area contributed by atoms with Gasteiger partial charge in [-0.25, -0.2) is 0 Å². The quantitative estimate of drug-likeness (QED) is 0.314. The summed E-state index contributed by atoms with van der Waals surface area (Å²) in [5, 5.41) is 12.0. The van der Waals surface area contributed by atoms with Gasteiger partial charge in [0.25, 0.3) is 0 Å². The Hall–Kier alpha value is -1.24. The lowest BCUT2D eigenvalue weighted by Crippen LogP contribution is -2.26. The molecule has 1 aliphatic rings. The second-order valence-electron chi connectivity index (χ2n) is 11.7. The van der Waals surface area contributed by atoms with Crippen molar-refractivity contribution in [1.82, 2.24) is 0 Å². The molecule has 33 heavy (non-hydrogen) atoms. The first-order valence-corrected chi connectivity index (χ1v) is 14.3. The van der Waals surface area contributed by atoms with Crippen LogP contribution in [0.3, 0.4) is 0 Å². The highest BCUT2D eigenvalue weighted by Gasteiger charge is 2.37. The summed E-state index contributed by atoms with van der Waals surface area (Å²) in [6, 6.07) is 0. The van der Waals surface area contributed by atoms with Gasteiger partial charge in [-0.1, -0.05) is 93.6 Å². The summed E-state index contributed by atoms with van der Waals surface area (Å²) >= 11 is 0. The van der Waals surface area contributed by atoms with Crippen molar-refractivity contribution in [2.24, 2.45) is 5.92 Å². The Morgan fingerprint density at radius 1 is 0.909 bits per heavy atom. The maximum absolute atomic E-state index is 12.0. The molecule has 2 rings (SSSR count). The Kier molecular flexibility index (Phi) is 11.0. The molecule has 0 radical (unpaired) electrons. The molecule has 0 saturated carbocycles. The number of allylic oxidation sites excluding steroid dienone is 1. The number of hydrogen-bond acceptors (Lipinski definition) is 1. The van der Waals surface area contributed by atoms with Gasteiger partial charge in [-0.3, -0.25) is 0 Å². The topological polar surface area (TPSA) is 20.2 Å². The van der Waals surface area contributed by atoms with Crippen LogP contribution < -0.4 is 0 Å². The van der Waals surface area contributed by atoms with Crippen LogP contribution in [0.5, 0.6) is 5.75 Å². The molecule has 1 aromatic rings. The summed E-state index contributed by atoms with van der Waals surface area (Å²) in [5.74, 6) is 1.86. The zero-order valence-electron chi connectivity index (χ0n) is 23.2. The number of benzene rings is 1. The Labute approximate surface area is 206 Å². The van der Waals surface area contributed by atoms with Gasteiger partial charge in [0.2, 0.25) is 0 Å². The SMILES string of the molecule is C=C(CCCC)c1c2c(c(O)c(C(C)(C)C)c1CCCC)C(CCCC)C(CCCC)CC2. The van der Waals surface area contributed by atoms with Gasteiger partial charge >= 0.3 is 0 Å². The molecule has 1 aromatic carbocycles. The van der Waals surface area contributed by atoms with Crippen LogP contribution in [0.1, 0.15) is 159 Å². The number of aromatic hydroxyl groups is 1. The number of unbranched alkanes of at least 4 members (excludes halogenated alkanes) is 4. The van der Waals surface area contributed by atoms with Crippen LogP contribution in [-0.4, -0.2) is 5.11 Å². The molecule has 1 N–H and O–H groups in total. The van der Waals surface area contributed by atoms with Gasteiger partial charge in [0.15, 0.2) is 0 Å². The third kappa shape index (κ3) is 6.67. The molecule has 1 aliphatic carbocycles. The monoisotopic (exact) mass is 454 g/mol. The minimum atomic E-state index is -0.0758. The van der Waals surface area contributed by atoms with Crippen molar-refractivity contribution >= 4 is 5.57 Å². The number of phenols is 1. The average Bonchev–Trinajstić information content (AvgIpc) is 2.77. The Balaban J connectivity index is 2.81. The van der Waals surface area contributed by atoms with E-state index in [0.717, 1.165) is 19.3 Å². The molecule has 2 unspecified atom stereocenters. The molecule has 0 fully saturated rings. The molecule has 0 amide bonds. The number of phenolic OH excluding ortho intramolecular Hbond substituents is 1. The molecule has 188 valence electrons. The van der Waals surface area contributed by atoms with E-state index in [9.17, 15) is 5.11 Å². The first-order valence-electron chi connectivity index (χ1n) is 14.3. The first kappa shape index (κ1) is 28.0. The second kappa shape index (κ2) is 13.0. The molecule has 1 nitrogen and oxygen atoms in total. The van der Waals surface area contributed by atoms with Gasteiger partial charge in [0.05, 0.1) is 0 Å². The van der Waals surface area contributed by atoms with E-state index >= 15 is 0 Å². The highest BCUT2D eigenvalue weighted by atomic mass is 16.3. The highest BCUT2D eigenvalue weighted by Crippen LogP contribution is 2.52. The molecule has 1 heteroatoms. The fraction of sp³-hybridized carbons (Fsp3) is 0.750. The zero-order chi connectivity index (χ0) is 24.6. The van der Waals surface area contributed by atoms with E-state index in [0.29, 0.717) is 17.6 Å². The van der Waals surface area contributed by atoms with Crippen molar-refractivity contribution in [3.05, 3.63) is 34.4 Å². The molecule has 0 aromatic heterocycles. The maximum atomic E-state index is 12.0. The van der Waals surface area contributed by atoms with E-state index in [-0.39, 0.29) is 5.41 Å². The Bertz CT molecular complexity index is 764. The van der Waals surface area contributed by atoms with Crippen LogP contribution in [-0.2, 0) is 18.3 Å². The van der Waals surface area contributed by atoms with E-state index < -0.39 is 0 Å². The van der Waals surface area contributed by atoms with Crippen LogP contribution in [0.25, 0.3) is 5.57 Å². The molecule has 0 bridgehead atoms. The standard InChI is InChI=1S/C32H54O/c1-9-13-17-23(5)28-26-22-21-24(18-14-10-2)25(19-15-11-3)29(26)31(33)30(32(6,7)8)27(28)20-16-12-4/h24-25,33H,5,9-22H2,1-4,6-8H3. The van der Waals surface area contributed by atoms with Crippen molar-refractivity contribution in [1.29, 1.82) is 0 Å². The lowest BCUT2D eigenvalue weighted by atomic mass is 9.65. The van der Waals surface area contributed by atoms with Gasteiger partial charge in [-0.2, -0.15) is 0 Å². The van der Waals surface area contributed by atoms with Gasteiger partial charge in [-0.15, -0.1) is 0 Å². The lowest BCUT2D eigenvalue weighted by Gasteiger charge is -2.39. The minimum Gasteiger partial charge on any atom is -0.507 e. The average molecular weight is 455 g/mol. The number of fused-ring (bicyclic) bond motifs is 1. The minimum absolute atomic E-state index is 0.0758. The predicted octanol–water partition coefficient (Wildman–Crippen LogP) is 10.3. The van der Waals surface area contributed by atoms with E-state index in [1.165, 1.54) is 104 Å². The molecular weight excluding hydrogens is 400 g/mol. The Morgan fingerprint density at radius 3 is 2.09 bits per heavy atom. The van der Waals surface area contributed by atoms with Crippen molar-refractivity contribution in [2.45, 2.75) is 150 Å². The molecule has 2 atom stereocenters. The molecule has 0 spiro atoms. The van der Waals surface area contributed by atoms with Crippen LogP contribution >= 0.6 is 0 Å². The Morgan fingerprint density at radius 2 is 1.52 bits per heavy atom. The maximum Gasteiger partial charge on any atom is 0.123 e. The van der Waals surface area contributed by atoms with Crippen molar-refractivity contribution in [3.63, 3.8) is 0 Å². The van der Waals surface area contributed by atoms with Crippen LogP contribution in [0, 0.1) is 5.92 Å². The third-order valence-electron chi connectivity index (χ3n) is 7.94. The largest absolute Gasteiger partial charge is 0.507 e. The number of rotatable bonds is 13. The summed E-state index contributed by atoms with van der Waals surface area (Å²) in [4.78, 5) is 0. The fourth-order valence-electron chi connectivity index (χ4n) is 6.26. The van der Waals surface area contributed by atoms with Crippen molar-refractivity contribution in [3.8, 4) is 5.75 Å².